The molecule has 3 heterocycles. The Kier molecular flexibility index (Phi) is 4.73. The minimum absolute atomic E-state index is 0.301. The van der Waals surface area contributed by atoms with E-state index in [1.54, 1.807) is 7.11 Å². The van der Waals surface area contributed by atoms with Crippen LogP contribution in [0.25, 0.3) is 0 Å². The molecule has 2 saturated heterocycles. The van der Waals surface area contributed by atoms with E-state index >= 15 is 0 Å². The van der Waals surface area contributed by atoms with Crippen molar-refractivity contribution in [2.45, 2.75) is 44.7 Å². The third-order valence-electron chi connectivity index (χ3n) is 5.56. The second-order valence-electron chi connectivity index (χ2n) is 6.80. The first-order valence-electron chi connectivity index (χ1n) is 8.59. The van der Waals surface area contributed by atoms with Crippen LogP contribution in [0.5, 0.6) is 0 Å². The Labute approximate surface area is 138 Å². The second kappa shape index (κ2) is 6.61. The number of ether oxygens (including phenoxy) is 1. The molecule has 2 aliphatic heterocycles. The summed E-state index contributed by atoms with van der Waals surface area (Å²) in [5, 5.41) is 0. The average Bonchev–Trinajstić information content (AvgIpc) is 3.08. The Balaban J connectivity index is 1.78. The van der Waals surface area contributed by atoms with Crippen LogP contribution >= 0.6 is 0 Å². The molecule has 2 fully saturated rings. The number of rotatable bonds is 5. The summed E-state index contributed by atoms with van der Waals surface area (Å²) in [7, 11) is 3.74. The normalized spacial score (nSPS) is 25.7. The van der Waals surface area contributed by atoms with Gasteiger partial charge in [0.1, 0.15) is 11.4 Å². The van der Waals surface area contributed by atoms with Crippen molar-refractivity contribution in [2.75, 3.05) is 33.4 Å². The number of aromatic nitrogens is 2. The summed E-state index contributed by atoms with van der Waals surface area (Å²) in [6, 6.07) is 0. The minimum atomic E-state index is -0.301. The first kappa shape index (κ1) is 16.5. The van der Waals surface area contributed by atoms with Crippen LogP contribution < -0.4 is 0 Å². The van der Waals surface area contributed by atoms with Crippen molar-refractivity contribution in [3.05, 3.63) is 17.7 Å². The molecule has 128 valence electrons. The van der Waals surface area contributed by atoms with E-state index in [1.807, 2.05) is 25.1 Å². The van der Waals surface area contributed by atoms with Gasteiger partial charge < -0.3 is 14.2 Å². The number of nitrogens with zero attached hydrogens (tertiary/aromatic N) is 4. The summed E-state index contributed by atoms with van der Waals surface area (Å²) in [5.41, 5.74) is 0.884. The first-order chi connectivity index (χ1) is 11.1. The van der Waals surface area contributed by atoms with E-state index in [9.17, 15) is 4.79 Å². The number of imidazole rings is 1. The predicted octanol–water partition coefficient (Wildman–Crippen LogP) is 1.33. The van der Waals surface area contributed by atoms with Crippen LogP contribution in [0.3, 0.4) is 0 Å². The number of piperidine rings is 1. The van der Waals surface area contributed by atoms with E-state index in [0.717, 1.165) is 51.1 Å². The highest BCUT2D eigenvalue weighted by Crippen LogP contribution is 2.39. The summed E-state index contributed by atoms with van der Waals surface area (Å²) in [4.78, 5) is 21.9. The fourth-order valence-corrected chi connectivity index (χ4v) is 4.06. The van der Waals surface area contributed by atoms with Crippen LogP contribution in [0.4, 0.5) is 0 Å². The van der Waals surface area contributed by atoms with E-state index in [2.05, 4.69) is 14.5 Å². The maximum absolute atomic E-state index is 13.2. The second-order valence-corrected chi connectivity index (χ2v) is 6.80. The zero-order valence-corrected chi connectivity index (χ0v) is 14.5. The monoisotopic (exact) mass is 320 g/mol. The van der Waals surface area contributed by atoms with Crippen molar-refractivity contribution in [1.29, 1.82) is 0 Å². The lowest BCUT2D eigenvalue weighted by molar-refractivity contribution is -0.148. The van der Waals surface area contributed by atoms with Crippen molar-refractivity contribution in [1.82, 2.24) is 19.4 Å². The molecule has 1 amide bonds. The van der Waals surface area contributed by atoms with Crippen molar-refractivity contribution >= 4 is 5.91 Å². The van der Waals surface area contributed by atoms with Crippen molar-refractivity contribution < 1.29 is 9.53 Å². The molecule has 2 aliphatic rings. The molecule has 1 spiro atoms. The molecule has 1 unspecified atom stereocenters. The largest absolute Gasteiger partial charge is 0.383 e. The van der Waals surface area contributed by atoms with E-state index < -0.39 is 0 Å². The molecular formula is C17H28N4O2. The predicted molar refractivity (Wildman–Crippen MR) is 88.0 cm³/mol. The van der Waals surface area contributed by atoms with Crippen molar-refractivity contribution in [3.63, 3.8) is 0 Å². The summed E-state index contributed by atoms with van der Waals surface area (Å²) in [6.07, 6.45) is 6.08. The van der Waals surface area contributed by atoms with E-state index in [-0.39, 0.29) is 5.54 Å². The van der Waals surface area contributed by atoms with Crippen LogP contribution in [0, 0.1) is 6.92 Å². The summed E-state index contributed by atoms with van der Waals surface area (Å²) in [6.45, 7) is 6.00. The van der Waals surface area contributed by atoms with E-state index in [0.29, 0.717) is 19.1 Å². The third kappa shape index (κ3) is 2.90. The SMILES string of the molecule is COCCN1CCCC2(CCCN2Cc2cnc(C)n2C)C1=O. The highest BCUT2D eigenvalue weighted by atomic mass is 16.5. The van der Waals surface area contributed by atoms with Crippen LogP contribution in [-0.2, 0) is 23.1 Å². The van der Waals surface area contributed by atoms with Gasteiger partial charge in [0.25, 0.3) is 0 Å². The molecule has 3 rings (SSSR count). The molecule has 0 saturated carbocycles. The number of carbonyl (C=O) groups is 1. The topological polar surface area (TPSA) is 50.6 Å². The van der Waals surface area contributed by atoms with Gasteiger partial charge in [-0.3, -0.25) is 9.69 Å². The number of methoxy groups -OCH3 is 1. The zero-order chi connectivity index (χ0) is 16.4. The Morgan fingerprint density at radius 1 is 1.30 bits per heavy atom. The van der Waals surface area contributed by atoms with Gasteiger partial charge in [-0.05, 0) is 39.2 Å². The standard InChI is InChI=1S/C17H28N4O2/c1-14-18-12-15(19(14)2)13-21-9-5-7-17(21)6-4-8-20(16(17)22)10-11-23-3/h12H,4-11,13H2,1-3H3. The van der Waals surface area contributed by atoms with Gasteiger partial charge in [-0.25, -0.2) is 4.98 Å². The highest BCUT2D eigenvalue weighted by Gasteiger charge is 2.50. The van der Waals surface area contributed by atoms with Gasteiger partial charge in [0.2, 0.25) is 5.91 Å². The Morgan fingerprint density at radius 2 is 2.04 bits per heavy atom. The minimum Gasteiger partial charge on any atom is -0.383 e. The summed E-state index contributed by atoms with van der Waals surface area (Å²) in [5.74, 6) is 1.32. The number of aryl methyl sites for hydroxylation is 1. The van der Waals surface area contributed by atoms with Crippen LogP contribution in [0.15, 0.2) is 6.20 Å². The number of carbonyl (C=O) groups excluding carboxylic acids is 1. The Bertz CT molecular complexity index is 571. The van der Waals surface area contributed by atoms with Gasteiger partial charge in [-0.15, -0.1) is 0 Å². The molecule has 6 nitrogen and oxygen atoms in total. The lowest BCUT2D eigenvalue weighted by atomic mass is 9.85. The molecule has 0 N–H and O–H groups in total. The van der Waals surface area contributed by atoms with Crippen molar-refractivity contribution in [3.8, 4) is 0 Å². The van der Waals surface area contributed by atoms with Crippen LogP contribution in [0.2, 0.25) is 0 Å². The van der Waals surface area contributed by atoms with Gasteiger partial charge in [0.05, 0.1) is 12.3 Å². The van der Waals surface area contributed by atoms with Gasteiger partial charge >= 0.3 is 0 Å². The number of likely N-dealkylation sites (tertiary alicyclic amines) is 2. The maximum atomic E-state index is 13.2. The number of hydrogen-bond donors (Lipinski definition) is 0. The molecule has 0 bridgehead atoms. The van der Waals surface area contributed by atoms with E-state index in [4.69, 9.17) is 4.74 Å². The molecule has 6 heteroatoms. The van der Waals surface area contributed by atoms with Gasteiger partial charge in [-0.1, -0.05) is 0 Å². The fraction of sp³-hybridized carbons (Fsp3) is 0.765. The van der Waals surface area contributed by atoms with Crippen LogP contribution in [-0.4, -0.2) is 64.1 Å². The molecule has 1 atom stereocenters. The highest BCUT2D eigenvalue weighted by molar-refractivity contribution is 5.87. The lowest BCUT2D eigenvalue weighted by Gasteiger charge is -2.44. The average molecular weight is 320 g/mol. The third-order valence-corrected chi connectivity index (χ3v) is 5.56. The molecule has 0 radical (unpaired) electrons. The Hall–Kier alpha value is -1.40. The molecule has 0 aliphatic carbocycles. The van der Waals surface area contributed by atoms with Crippen LogP contribution in [0.1, 0.15) is 37.2 Å². The Morgan fingerprint density at radius 3 is 2.70 bits per heavy atom. The molecule has 0 aromatic carbocycles. The molecule has 23 heavy (non-hydrogen) atoms. The van der Waals surface area contributed by atoms with Gasteiger partial charge in [-0.2, -0.15) is 0 Å². The van der Waals surface area contributed by atoms with Gasteiger partial charge in [0, 0.05) is 40.0 Å². The zero-order valence-electron chi connectivity index (χ0n) is 14.5. The molecular weight excluding hydrogens is 292 g/mol. The first-order valence-corrected chi connectivity index (χ1v) is 8.59. The smallest absolute Gasteiger partial charge is 0.243 e. The maximum Gasteiger partial charge on any atom is 0.243 e. The number of hydrogen-bond acceptors (Lipinski definition) is 4. The van der Waals surface area contributed by atoms with Crippen molar-refractivity contribution in [2.24, 2.45) is 7.05 Å². The lowest BCUT2D eigenvalue weighted by Crippen LogP contribution is -2.60. The quantitative estimate of drug-likeness (QED) is 0.821. The molecule has 1 aromatic heterocycles. The summed E-state index contributed by atoms with van der Waals surface area (Å²) >= 11 is 0. The fourth-order valence-electron chi connectivity index (χ4n) is 4.06. The summed E-state index contributed by atoms with van der Waals surface area (Å²) < 4.78 is 7.29. The van der Waals surface area contributed by atoms with E-state index in [1.165, 1.54) is 5.69 Å². The molecule has 1 aromatic rings. The number of amides is 1. The van der Waals surface area contributed by atoms with Gasteiger partial charge in [0.15, 0.2) is 0 Å².